The van der Waals surface area contributed by atoms with Crippen molar-refractivity contribution in [1.82, 2.24) is 0 Å². The third-order valence-corrected chi connectivity index (χ3v) is 1.98. The van der Waals surface area contributed by atoms with E-state index in [-0.39, 0.29) is 12.4 Å². The Labute approximate surface area is 90.6 Å². The van der Waals surface area contributed by atoms with Crippen LogP contribution in [0.4, 0.5) is 8.78 Å². The molecule has 0 spiro atoms. The molecular formula is C10H11F2NO3. The largest absolute Gasteiger partial charge is 0.491 e. The van der Waals surface area contributed by atoms with Crippen molar-refractivity contribution in [2.24, 2.45) is 5.73 Å². The van der Waals surface area contributed by atoms with E-state index in [4.69, 9.17) is 15.6 Å². The first-order valence-electron chi connectivity index (χ1n) is 4.58. The minimum absolute atomic E-state index is 0.181. The van der Waals surface area contributed by atoms with Crippen LogP contribution in [0.25, 0.3) is 0 Å². The summed E-state index contributed by atoms with van der Waals surface area (Å²) in [5, 5.41) is 8.58. The maximum atomic E-state index is 13.4. The van der Waals surface area contributed by atoms with Crippen LogP contribution in [-0.4, -0.2) is 17.7 Å². The van der Waals surface area contributed by atoms with Crippen molar-refractivity contribution in [3.63, 3.8) is 0 Å². The summed E-state index contributed by atoms with van der Waals surface area (Å²) >= 11 is 0. The van der Waals surface area contributed by atoms with Gasteiger partial charge in [-0.25, -0.2) is 4.39 Å². The summed E-state index contributed by atoms with van der Waals surface area (Å²) in [4.78, 5) is 10.5. The van der Waals surface area contributed by atoms with Gasteiger partial charge in [-0.15, -0.1) is 0 Å². The van der Waals surface area contributed by atoms with E-state index in [0.717, 1.165) is 12.1 Å². The molecule has 88 valence electrons. The molecule has 0 aromatic heterocycles. The van der Waals surface area contributed by atoms with Crippen LogP contribution in [0.1, 0.15) is 18.5 Å². The molecule has 0 aliphatic heterocycles. The van der Waals surface area contributed by atoms with Gasteiger partial charge in [0.2, 0.25) is 5.82 Å². The standard InChI is InChI=1S/C10H11F2NO3/c1-2-16-6-4-3-5(7(11)8(6)12)9(13)10(14)15/h3-4,9H,2,13H2,1H3,(H,14,15). The monoisotopic (exact) mass is 231 g/mol. The third kappa shape index (κ3) is 2.27. The molecule has 0 heterocycles. The first kappa shape index (κ1) is 12.4. The van der Waals surface area contributed by atoms with Crippen LogP contribution in [0.2, 0.25) is 0 Å². The van der Waals surface area contributed by atoms with E-state index < -0.39 is 29.2 Å². The van der Waals surface area contributed by atoms with Gasteiger partial charge in [0, 0.05) is 5.56 Å². The molecule has 1 aromatic carbocycles. The van der Waals surface area contributed by atoms with E-state index in [9.17, 15) is 13.6 Å². The van der Waals surface area contributed by atoms with Gasteiger partial charge in [-0.3, -0.25) is 4.79 Å². The summed E-state index contributed by atoms with van der Waals surface area (Å²) in [5.41, 5.74) is 4.78. The Kier molecular flexibility index (Phi) is 3.78. The van der Waals surface area contributed by atoms with Gasteiger partial charge in [-0.1, -0.05) is 6.07 Å². The van der Waals surface area contributed by atoms with Crippen LogP contribution in [0.3, 0.4) is 0 Å². The highest BCUT2D eigenvalue weighted by Crippen LogP contribution is 2.25. The molecule has 0 amide bonds. The average Bonchev–Trinajstić information content (AvgIpc) is 2.24. The smallest absolute Gasteiger partial charge is 0.325 e. The van der Waals surface area contributed by atoms with Crippen molar-refractivity contribution >= 4 is 5.97 Å². The maximum absolute atomic E-state index is 13.4. The van der Waals surface area contributed by atoms with Crippen LogP contribution < -0.4 is 10.5 Å². The Balaban J connectivity index is 3.16. The van der Waals surface area contributed by atoms with E-state index in [1.54, 1.807) is 6.92 Å². The molecule has 0 fully saturated rings. The number of carboxylic acid groups (broad SMARTS) is 1. The van der Waals surface area contributed by atoms with Gasteiger partial charge in [0.25, 0.3) is 0 Å². The minimum atomic E-state index is -1.59. The second kappa shape index (κ2) is 4.89. The zero-order chi connectivity index (χ0) is 12.3. The van der Waals surface area contributed by atoms with Crippen molar-refractivity contribution in [1.29, 1.82) is 0 Å². The lowest BCUT2D eigenvalue weighted by Crippen LogP contribution is -2.22. The number of nitrogens with two attached hydrogens (primary N) is 1. The van der Waals surface area contributed by atoms with Gasteiger partial charge < -0.3 is 15.6 Å². The van der Waals surface area contributed by atoms with Crippen molar-refractivity contribution in [2.45, 2.75) is 13.0 Å². The molecule has 0 radical (unpaired) electrons. The summed E-state index contributed by atoms with van der Waals surface area (Å²) in [7, 11) is 0. The summed E-state index contributed by atoms with van der Waals surface area (Å²) in [6, 6.07) is 0.660. The molecule has 0 saturated carbocycles. The Bertz CT molecular complexity index is 409. The predicted molar refractivity (Wildman–Crippen MR) is 52.1 cm³/mol. The van der Waals surface area contributed by atoms with E-state index in [0.29, 0.717) is 0 Å². The fourth-order valence-electron chi connectivity index (χ4n) is 1.19. The molecule has 3 N–H and O–H groups in total. The van der Waals surface area contributed by atoms with E-state index >= 15 is 0 Å². The van der Waals surface area contributed by atoms with Gasteiger partial charge >= 0.3 is 5.97 Å². The second-order valence-electron chi connectivity index (χ2n) is 3.03. The van der Waals surface area contributed by atoms with Gasteiger partial charge in [-0.05, 0) is 13.0 Å². The number of benzene rings is 1. The lowest BCUT2D eigenvalue weighted by Gasteiger charge is -2.11. The fraction of sp³-hybridized carbons (Fsp3) is 0.300. The molecule has 6 heteroatoms. The van der Waals surface area contributed by atoms with Crippen molar-refractivity contribution in [2.75, 3.05) is 6.61 Å². The van der Waals surface area contributed by atoms with Crippen LogP contribution in [0.15, 0.2) is 12.1 Å². The Hall–Kier alpha value is -1.69. The highest BCUT2D eigenvalue weighted by molar-refractivity contribution is 5.75. The molecular weight excluding hydrogens is 220 g/mol. The molecule has 0 aliphatic carbocycles. The predicted octanol–water partition coefficient (Wildman–Crippen LogP) is 1.45. The molecule has 1 unspecified atom stereocenters. The first-order chi connectivity index (χ1) is 7.49. The highest BCUT2D eigenvalue weighted by atomic mass is 19.2. The SMILES string of the molecule is CCOc1ccc(C(N)C(=O)O)c(F)c1F. The number of carboxylic acids is 1. The number of carbonyl (C=O) groups is 1. The Morgan fingerprint density at radius 1 is 1.50 bits per heavy atom. The van der Waals surface area contributed by atoms with E-state index in [1.807, 2.05) is 0 Å². The molecule has 1 aromatic rings. The lowest BCUT2D eigenvalue weighted by atomic mass is 10.1. The zero-order valence-corrected chi connectivity index (χ0v) is 8.54. The molecule has 4 nitrogen and oxygen atoms in total. The number of hydrogen-bond donors (Lipinski definition) is 2. The van der Waals surface area contributed by atoms with Crippen LogP contribution >= 0.6 is 0 Å². The molecule has 0 saturated heterocycles. The van der Waals surface area contributed by atoms with Crippen LogP contribution in [0.5, 0.6) is 5.75 Å². The van der Waals surface area contributed by atoms with Crippen LogP contribution in [0, 0.1) is 11.6 Å². The summed E-state index contributed by atoms with van der Waals surface area (Å²) in [5.74, 6) is -4.21. The minimum Gasteiger partial charge on any atom is -0.491 e. The first-order valence-corrected chi connectivity index (χ1v) is 4.58. The summed E-state index contributed by atoms with van der Waals surface area (Å²) in [6.45, 7) is 1.80. The molecule has 0 aliphatic rings. The Morgan fingerprint density at radius 2 is 2.12 bits per heavy atom. The van der Waals surface area contributed by atoms with Crippen molar-refractivity contribution in [3.05, 3.63) is 29.3 Å². The summed E-state index contributed by atoms with van der Waals surface area (Å²) < 4.78 is 31.5. The van der Waals surface area contributed by atoms with Gasteiger partial charge in [0.1, 0.15) is 6.04 Å². The fourth-order valence-corrected chi connectivity index (χ4v) is 1.19. The normalized spacial score (nSPS) is 12.2. The number of ether oxygens (including phenoxy) is 1. The van der Waals surface area contributed by atoms with Gasteiger partial charge in [-0.2, -0.15) is 4.39 Å². The van der Waals surface area contributed by atoms with E-state index in [1.165, 1.54) is 0 Å². The average molecular weight is 231 g/mol. The Morgan fingerprint density at radius 3 is 2.62 bits per heavy atom. The lowest BCUT2D eigenvalue weighted by molar-refractivity contribution is -0.138. The zero-order valence-electron chi connectivity index (χ0n) is 8.54. The number of halogens is 2. The maximum Gasteiger partial charge on any atom is 0.325 e. The van der Waals surface area contributed by atoms with Crippen LogP contribution in [-0.2, 0) is 4.79 Å². The second-order valence-corrected chi connectivity index (χ2v) is 3.03. The van der Waals surface area contributed by atoms with Crippen molar-refractivity contribution in [3.8, 4) is 5.75 Å². The van der Waals surface area contributed by atoms with E-state index in [2.05, 4.69) is 0 Å². The van der Waals surface area contributed by atoms with Crippen molar-refractivity contribution < 1.29 is 23.4 Å². The number of hydrogen-bond acceptors (Lipinski definition) is 3. The molecule has 1 rings (SSSR count). The van der Waals surface area contributed by atoms with Gasteiger partial charge in [0.05, 0.1) is 6.61 Å². The highest BCUT2D eigenvalue weighted by Gasteiger charge is 2.22. The third-order valence-electron chi connectivity index (χ3n) is 1.98. The molecule has 16 heavy (non-hydrogen) atoms. The van der Waals surface area contributed by atoms with Gasteiger partial charge in [0.15, 0.2) is 11.6 Å². The summed E-state index contributed by atoms with van der Waals surface area (Å²) in [6.07, 6.45) is 0. The quantitative estimate of drug-likeness (QED) is 0.822. The molecule has 1 atom stereocenters. The molecule has 0 bridgehead atoms. The topological polar surface area (TPSA) is 72.5 Å². The number of aliphatic carboxylic acids is 1. The number of rotatable bonds is 4.